The summed E-state index contributed by atoms with van der Waals surface area (Å²) in [5, 5.41) is 0. The lowest BCUT2D eigenvalue weighted by atomic mass is 9.86. The Bertz CT molecular complexity index is 370. The highest BCUT2D eigenvalue weighted by molar-refractivity contribution is 5.39. The molecule has 1 atom stereocenters. The smallest absolute Gasteiger partial charge is 0.124 e. The fourth-order valence-corrected chi connectivity index (χ4v) is 2.71. The first-order valence-electron chi connectivity index (χ1n) is 7.62. The van der Waals surface area contributed by atoms with E-state index in [-0.39, 0.29) is 6.04 Å². The first kappa shape index (κ1) is 16.0. The molecule has 0 radical (unpaired) electrons. The van der Waals surface area contributed by atoms with Crippen LogP contribution < -0.4 is 10.5 Å². The Morgan fingerprint density at radius 3 is 2.26 bits per heavy atom. The average Bonchev–Trinajstić information content (AvgIpc) is 2.40. The van der Waals surface area contributed by atoms with Crippen molar-refractivity contribution in [2.45, 2.75) is 59.4 Å². The van der Waals surface area contributed by atoms with E-state index >= 15 is 0 Å². The van der Waals surface area contributed by atoms with Crippen LogP contribution in [0, 0.1) is 12.8 Å². The van der Waals surface area contributed by atoms with Gasteiger partial charge in [-0.1, -0.05) is 44.4 Å². The third kappa shape index (κ3) is 4.54. The van der Waals surface area contributed by atoms with Crippen LogP contribution in [0.15, 0.2) is 18.2 Å². The maximum atomic E-state index is 6.53. The van der Waals surface area contributed by atoms with Crippen molar-refractivity contribution in [3.8, 4) is 5.75 Å². The molecule has 2 nitrogen and oxygen atoms in total. The number of nitrogens with two attached hydrogens (primary N) is 1. The number of hydrogen-bond donors (Lipinski definition) is 1. The van der Waals surface area contributed by atoms with Crippen molar-refractivity contribution >= 4 is 0 Å². The summed E-state index contributed by atoms with van der Waals surface area (Å²) < 4.78 is 5.74. The van der Waals surface area contributed by atoms with E-state index in [1.807, 2.05) is 6.92 Å². The number of aryl methyl sites for hydroxylation is 1. The summed E-state index contributed by atoms with van der Waals surface area (Å²) in [6.45, 7) is 9.28. The Balaban J connectivity index is 3.00. The van der Waals surface area contributed by atoms with Crippen LogP contribution in [0.3, 0.4) is 0 Å². The van der Waals surface area contributed by atoms with E-state index in [9.17, 15) is 0 Å². The van der Waals surface area contributed by atoms with Crippen LogP contribution in [0.4, 0.5) is 0 Å². The van der Waals surface area contributed by atoms with E-state index in [2.05, 4.69) is 39.0 Å². The normalized spacial score (nSPS) is 12.7. The maximum absolute atomic E-state index is 6.53. The molecule has 1 aromatic carbocycles. The minimum absolute atomic E-state index is 0.0846. The molecule has 0 saturated carbocycles. The number of rotatable bonds is 8. The van der Waals surface area contributed by atoms with Crippen LogP contribution in [0.25, 0.3) is 0 Å². The third-order valence-electron chi connectivity index (χ3n) is 3.65. The van der Waals surface area contributed by atoms with Gasteiger partial charge in [-0.15, -0.1) is 0 Å². The molecule has 0 amide bonds. The lowest BCUT2D eigenvalue weighted by Gasteiger charge is -2.25. The second-order valence-corrected chi connectivity index (χ2v) is 5.34. The highest BCUT2D eigenvalue weighted by Crippen LogP contribution is 2.33. The lowest BCUT2D eigenvalue weighted by Crippen LogP contribution is -2.22. The van der Waals surface area contributed by atoms with Gasteiger partial charge in [0.2, 0.25) is 0 Å². The number of ether oxygens (including phenoxy) is 1. The van der Waals surface area contributed by atoms with Gasteiger partial charge in [-0.3, -0.25) is 0 Å². The molecule has 0 aromatic heterocycles. The molecule has 0 aliphatic carbocycles. The van der Waals surface area contributed by atoms with Crippen LogP contribution in [0.2, 0.25) is 0 Å². The quantitative estimate of drug-likeness (QED) is 0.743. The zero-order valence-electron chi connectivity index (χ0n) is 12.9. The van der Waals surface area contributed by atoms with E-state index in [0.717, 1.165) is 5.75 Å². The minimum Gasteiger partial charge on any atom is -0.494 e. The van der Waals surface area contributed by atoms with Gasteiger partial charge < -0.3 is 10.5 Å². The third-order valence-corrected chi connectivity index (χ3v) is 3.65. The molecule has 1 rings (SSSR count). The Morgan fingerprint density at radius 2 is 1.74 bits per heavy atom. The first-order valence-corrected chi connectivity index (χ1v) is 7.62. The molecule has 19 heavy (non-hydrogen) atoms. The zero-order chi connectivity index (χ0) is 14.3. The second-order valence-electron chi connectivity index (χ2n) is 5.34. The Morgan fingerprint density at radius 1 is 1.11 bits per heavy atom. The van der Waals surface area contributed by atoms with E-state index in [1.54, 1.807) is 0 Å². The van der Waals surface area contributed by atoms with E-state index in [0.29, 0.717) is 12.5 Å². The van der Waals surface area contributed by atoms with Gasteiger partial charge in [0.15, 0.2) is 0 Å². The molecule has 108 valence electrons. The summed E-state index contributed by atoms with van der Waals surface area (Å²) in [6, 6.07) is 6.42. The van der Waals surface area contributed by atoms with Crippen molar-refractivity contribution in [2.75, 3.05) is 6.61 Å². The largest absolute Gasteiger partial charge is 0.494 e. The van der Waals surface area contributed by atoms with Gasteiger partial charge in [-0.25, -0.2) is 0 Å². The lowest BCUT2D eigenvalue weighted by molar-refractivity contribution is 0.317. The molecule has 0 aliphatic rings. The first-order chi connectivity index (χ1) is 9.13. The van der Waals surface area contributed by atoms with Gasteiger partial charge in [0.25, 0.3) is 0 Å². The number of hydrogen-bond acceptors (Lipinski definition) is 2. The van der Waals surface area contributed by atoms with Crippen molar-refractivity contribution < 1.29 is 4.74 Å². The van der Waals surface area contributed by atoms with Crippen molar-refractivity contribution in [3.63, 3.8) is 0 Å². The predicted molar refractivity (Wildman–Crippen MR) is 82.6 cm³/mol. The van der Waals surface area contributed by atoms with E-state index < -0.39 is 0 Å². The van der Waals surface area contributed by atoms with Gasteiger partial charge in [0, 0.05) is 11.6 Å². The van der Waals surface area contributed by atoms with Gasteiger partial charge in [-0.05, 0) is 38.7 Å². The molecule has 0 saturated heterocycles. The van der Waals surface area contributed by atoms with Crippen molar-refractivity contribution in [3.05, 3.63) is 29.3 Å². The fraction of sp³-hybridized carbons (Fsp3) is 0.647. The van der Waals surface area contributed by atoms with E-state index in [1.165, 1.54) is 36.8 Å². The monoisotopic (exact) mass is 263 g/mol. The molecule has 1 aromatic rings. The highest BCUT2D eigenvalue weighted by Gasteiger charge is 2.21. The molecule has 2 heteroatoms. The average molecular weight is 263 g/mol. The van der Waals surface area contributed by atoms with Gasteiger partial charge in [0.05, 0.1) is 6.61 Å². The molecular weight excluding hydrogens is 234 g/mol. The van der Waals surface area contributed by atoms with Crippen LogP contribution >= 0.6 is 0 Å². The molecule has 0 heterocycles. The van der Waals surface area contributed by atoms with E-state index in [4.69, 9.17) is 10.5 Å². The van der Waals surface area contributed by atoms with Crippen molar-refractivity contribution in [1.29, 1.82) is 0 Å². The summed E-state index contributed by atoms with van der Waals surface area (Å²) in [5.41, 5.74) is 8.96. The summed E-state index contributed by atoms with van der Waals surface area (Å²) in [6.07, 6.45) is 4.76. The summed E-state index contributed by atoms with van der Waals surface area (Å²) >= 11 is 0. The van der Waals surface area contributed by atoms with Gasteiger partial charge >= 0.3 is 0 Å². The summed E-state index contributed by atoms with van der Waals surface area (Å²) in [5.74, 6) is 1.51. The molecular formula is C17H29NO. The predicted octanol–water partition coefficient (Wildman–Crippen LogP) is 4.61. The molecule has 0 fully saturated rings. The highest BCUT2D eigenvalue weighted by atomic mass is 16.5. The molecule has 2 N–H and O–H groups in total. The Labute approximate surface area is 118 Å². The van der Waals surface area contributed by atoms with Crippen LogP contribution in [-0.4, -0.2) is 6.61 Å². The van der Waals surface area contributed by atoms with Crippen LogP contribution in [0.1, 0.15) is 63.6 Å². The molecule has 0 spiro atoms. The standard InChI is InChI=1S/C17H29NO/c1-5-8-14(9-6-2)17(18)15-12-13(4)10-11-16(15)19-7-3/h10-12,14,17H,5-9,18H2,1-4H3. The van der Waals surface area contributed by atoms with Crippen molar-refractivity contribution in [2.24, 2.45) is 11.7 Å². The maximum Gasteiger partial charge on any atom is 0.124 e. The molecule has 1 unspecified atom stereocenters. The number of benzene rings is 1. The minimum atomic E-state index is 0.0846. The summed E-state index contributed by atoms with van der Waals surface area (Å²) in [4.78, 5) is 0. The van der Waals surface area contributed by atoms with Crippen LogP contribution in [-0.2, 0) is 0 Å². The second kappa shape index (κ2) is 8.21. The molecule has 0 bridgehead atoms. The fourth-order valence-electron chi connectivity index (χ4n) is 2.71. The topological polar surface area (TPSA) is 35.2 Å². The SMILES string of the molecule is CCCC(CCC)C(N)c1cc(C)ccc1OCC. The van der Waals surface area contributed by atoms with Crippen LogP contribution in [0.5, 0.6) is 5.75 Å². The summed E-state index contributed by atoms with van der Waals surface area (Å²) in [7, 11) is 0. The van der Waals surface area contributed by atoms with Crippen molar-refractivity contribution in [1.82, 2.24) is 0 Å². The Kier molecular flexibility index (Phi) is 6.93. The van der Waals surface area contributed by atoms with Gasteiger partial charge in [-0.2, -0.15) is 0 Å². The Hall–Kier alpha value is -1.02. The zero-order valence-corrected chi connectivity index (χ0v) is 12.9. The van der Waals surface area contributed by atoms with Gasteiger partial charge in [0.1, 0.15) is 5.75 Å². The molecule has 0 aliphatic heterocycles.